The van der Waals surface area contributed by atoms with Gasteiger partial charge in [-0.1, -0.05) is 6.92 Å². The van der Waals surface area contributed by atoms with Crippen molar-refractivity contribution >= 4 is 28.5 Å². The van der Waals surface area contributed by atoms with Crippen LogP contribution >= 0.6 is 11.8 Å². The lowest BCUT2D eigenvalue weighted by atomic mass is 9.90. The van der Waals surface area contributed by atoms with Crippen molar-refractivity contribution in [1.82, 2.24) is 0 Å². The Bertz CT molecular complexity index is 347. The summed E-state index contributed by atoms with van der Waals surface area (Å²) < 4.78 is 54.5. The smallest absolute Gasteiger partial charge is 0.394 e. The van der Waals surface area contributed by atoms with E-state index < -0.39 is 38.9 Å². The summed E-state index contributed by atoms with van der Waals surface area (Å²) in [5.41, 5.74) is 0. The van der Waals surface area contributed by atoms with E-state index in [1.165, 1.54) is 26.4 Å². The van der Waals surface area contributed by atoms with Gasteiger partial charge in [-0.2, -0.15) is 13.2 Å². The van der Waals surface area contributed by atoms with E-state index >= 15 is 0 Å². The Balaban J connectivity index is 5.58. The molecule has 0 aliphatic rings. The van der Waals surface area contributed by atoms with Crippen molar-refractivity contribution < 1.29 is 26.9 Å². The molecule has 0 heterocycles. The SMILES string of the molecule is CCOC(=O)C(C)C(C(F)(F)F)C(C)(SC)S(C)=O. The van der Waals surface area contributed by atoms with Crippen LogP contribution in [0.25, 0.3) is 0 Å². The Morgan fingerprint density at radius 3 is 2.16 bits per heavy atom. The second-order valence-electron chi connectivity index (χ2n) is 4.23. The standard InChI is InChI=1S/C11H19F3O3S2/c1-6-17-9(15)7(2)8(11(12,13)14)10(3,18-4)19(5)16/h7-8H,6H2,1-5H3. The molecular weight excluding hydrogens is 301 g/mol. The number of alkyl halides is 3. The number of hydrogen-bond acceptors (Lipinski definition) is 4. The number of hydrogen-bond donors (Lipinski definition) is 0. The highest BCUT2D eigenvalue weighted by molar-refractivity contribution is 8.11. The van der Waals surface area contributed by atoms with E-state index in [0.29, 0.717) is 0 Å². The fourth-order valence-electron chi connectivity index (χ4n) is 1.87. The lowest BCUT2D eigenvalue weighted by molar-refractivity contribution is -0.198. The Morgan fingerprint density at radius 1 is 1.42 bits per heavy atom. The molecule has 0 rings (SSSR count). The lowest BCUT2D eigenvalue weighted by Crippen LogP contribution is -2.49. The average Bonchev–Trinajstić information content (AvgIpc) is 2.26. The number of thioether (sulfide) groups is 1. The first-order valence-electron chi connectivity index (χ1n) is 5.64. The van der Waals surface area contributed by atoms with Gasteiger partial charge in [0, 0.05) is 17.1 Å². The van der Waals surface area contributed by atoms with E-state index in [1.54, 1.807) is 0 Å². The average molecular weight is 320 g/mol. The van der Waals surface area contributed by atoms with E-state index in [9.17, 15) is 22.2 Å². The van der Waals surface area contributed by atoms with Gasteiger partial charge in [0.2, 0.25) is 0 Å². The van der Waals surface area contributed by atoms with E-state index in [2.05, 4.69) is 4.74 Å². The summed E-state index contributed by atoms with van der Waals surface area (Å²) in [5.74, 6) is -4.35. The van der Waals surface area contributed by atoms with Crippen molar-refractivity contribution in [2.24, 2.45) is 11.8 Å². The highest BCUT2D eigenvalue weighted by Crippen LogP contribution is 2.47. The first-order chi connectivity index (χ1) is 8.52. The van der Waals surface area contributed by atoms with Crippen molar-refractivity contribution in [2.75, 3.05) is 19.1 Å². The normalized spacial score (nSPS) is 20.2. The van der Waals surface area contributed by atoms with Crippen LogP contribution in [0.2, 0.25) is 0 Å². The summed E-state index contributed by atoms with van der Waals surface area (Å²) >= 11 is 0.851. The molecule has 19 heavy (non-hydrogen) atoms. The van der Waals surface area contributed by atoms with Crippen LogP contribution in [0.5, 0.6) is 0 Å². The molecule has 0 aliphatic heterocycles. The van der Waals surface area contributed by atoms with E-state index in [0.717, 1.165) is 18.7 Å². The summed E-state index contributed by atoms with van der Waals surface area (Å²) in [6.45, 7) is 3.97. The number of esters is 1. The molecule has 0 spiro atoms. The molecule has 8 heteroatoms. The van der Waals surface area contributed by atoms with Gasteiger partial charge in [-0.3, -0.25) is 9.00 Å². The molecule has 0 N–H and O–H groups in total. The second kappa shape index (κ2) is 6.97. The molecule has 3 nitrogen and oxygen atoms in total. The molecule has 0 aromatic carbocycles. The number of carbonyl (C=O) groups is 1. The van der Waals surface area contributed by atoms with E-state index in [1.807, 2.05) is 0 Å². The molecule has 0 bridgehead atoms. The predicted molar refractivity (Wildman–Crippen MR) is 71.3 cm³/mol. The maximum absolute atomic E-state index is 13.3. The highest BCUT2D eigenvalue weighted by atomic mass is 32.2. The maximum Gasteiger partial charge on any atom is 0.394 e. The summed E-state index contributed by atoms with van der Waals surface area (Å²) in [7, 11) is -1.75. The van der Waals surface area contributed by atoms with Crippen LogP contribution in [-0.4, -0.2) is 39.6 Å². The lowest BCUT2D eigenvalue weighted by Gasteiger charge is -2.38. The third-order valence-corrected chi connectivity index (χ3v) is 6.72. The predicted octanol–water partition coefficient (Wildman–Crippen LogP) is 2.82. The van der Waals surface area contributed by atoms with Crippen LogP contribution in [-0.2, 0) is 20.3 Å². The molecule has 0 saturated carbocycles. The van der Waals surface area contributed by atoms with Crippen molar-refractivity contribution in [1.29, 1.82) is 0 Å². The van der Waals surface area contributed by atoms with Gasteiger partial charge in [0.25, 0.3) is 0 Å². The first-order valence-corrected chi connectivity index (χ1v) is 8.42. The number of ether oxygens (including phenoxy) is 1. The summed E-state index contributed by atoms with van der Waals surface area (Å²) in [6.07, 6.45) is -1.96. The van der Waals surface area contributed by atoms with Crippen LogP contribution in [0.3, 0.4) is 0 Å². The quantitative estimate of drug-likeness (QED) is 0.706. The van der Waals surface area contributed by atoms with Crippen LogP contribution in [0, 0.1) is 11.8 Å². The number of rotatable bonds is 6. The molecule has 0 saturated heterocycles. The Kier molecular flexibility index (Phi) is 6.88. The fraction of sp³-hybridized carbons (Fsp3) is 0.909. The highest BCUT2D eigenvalue weighted by Gasteiger charge is 2.57. The molecular formula is C11H19F3O3S2. The Labute approximate surface area is 118 Å². The molecule has 4 unspecified atom stereocenters. The van der Waals surface area contributed by atoms with Crippen LogP contribution < -0.4 is 0 Å². The summed E-state index contributed by atoms with van der Waals surface area (Å²) in [5, 5.41) is 0. The topological polar surface area (TPSA) is 43.4 Å². The zero-order valence-corrected chi connectivity index (χ0v) is 13.2. The van der Waals surface area contributed by atoms with Gasteiger partial charge in [0.15, 0.2) is 0 Å². The van der Waals surface area contributed by atoms with E-state index in [-0.39, 0.29) is 6.61 Å². The third kappa shape index (κ3) is 4.37. The van der Waals surface area contributed by atoms with Crippen LogP contribution in [0.15, 0.2) is 0 Å². The molecule has 0 aromatic rings. The molecule has 4 atom stereocenters. The molecule has 0 aliphatic carbocycles. The van der Waals surface area contributed by atoms with Crippen molar-refractivity contribution in [3.8, 4) is 0 Å². The minimum Gasteiger partial charge on any atom is -0.466 e. The molecule has 0 aromatic heterocycles. The maximum atomic E-state index is 13.3. The first kappa shape index (κ1) is 18.8. The minimum atomic E-state index is -4.63. The van der Waals surface area contributed by atoms with Gasteiger partial charge in [-0.25, -0.2) is 0 Å². The van der Waals surface area contributed by atoms with Gasteiger partial charge in [-0.05, 0) is 20.1 Å². The number of carbonyl (C=O) groups excluding carboxylic acids is 1. The van der Waals surface area contributed by atoms with Gasteiger partial charge < -0.3 is 4.74 Å². The van der Waals surface area contributed by atoms with E-state index in [4.69, 9.17) is 0 Å². The van der Waals surface area contributed by atoms with Gasteiger partial charge in [-0.15, -0.1) is 11.8 Å². The van der Waals surface area contributed by atoms with Crippen LogP contribution in [0.4, 0.5) is 13.2 Å². The van der Waals surface area contributed by atoms with Gasteiger partial charge in [0.1, 0.15) is 0 Å². The van der Waals surface area contributed by atoms with Gasteiger partial charge in [0.05, 0.1) is 22.5 Å². The van der Waals surface area contributed by atoms with Crippen molar-refractivity contribution in [3.63, 3.8) is 0 Å². The Hall–Kier alpha value is -0.240. The molecule has 114 valence electrons. The minimum absolute atomic E-state index is 0.0128. The monoisotopic (exact) mass is 320 g/mol. The number of halogens is 3. The van der Waals surface area contributed by atoms with Gasteiger partial charge >= 0.3 is 12.1 Å². The largest absolute Gasteiger partial charge is 0.466 e. The molecule has 0 radical (unpaired) electrons. The second-order valence-corrected chi connectivity index (χ2v) is 7.51. The summed E-state index contributed by atoms with van der Waals surface area (Å²) in [4.78, 5) is 11.6. The fourth-order valence-corrected chi connectivity index (χ4v) is 4.09. The van der Waals surface area contributed by atoms with Crippen LogP contribution in [0.1, 0.15) is 20.8 Å². The van der Waals surface area contributed by atoms with Crippen molar-refractivity contribution in [3.05, 3.63) is 0 Å². The zero-order chi connectivity index (χ0) is 15.4. The Morgan fingerprint density at radius 2 is 1.89 bits per heavy atom. The molecule has 0 fully saturated rings. The van der Waals surface area contributed by atoms with Crippen molar-refractivity contribution in [2.45, 2.75) is 31.0 Å². The third-order valence-electron chi connectivity index (χ3n) is 3.05. The summed E-state index contributed by atoms with van der Waals surface area (Å²) in [6, 6.07) is 0. The molecule has 0 amide bonds. The zero-order valence-electron chi connectivity index (χ0n) is 11.5.